The zero-order valence-corrected chi connectivity index (χ0v) is 25.2. The maximum Gasteiger partial charge on any atom is 0.404 e. The second-order valence-electron chi connectivity index (χ2n) is 11.2. The first-order valence-corrected chi connectivity index (χ1v) is 13.7. The van der Waals surface area contributed by atoms with Crippen LogP contribution in [0.2, 0.25) is 0 Å². The summed E-state index contributed by atoms with van der Waals surface area (Å²) in [5.41, 5.74) is 4.54. The molecule has 1 aliphatic rings. The SMILES string of the molecule is CO[C@H]1[C@@H](OC(N)=O)[C@@H](O)[C@@H](Oc2ccc3c(O)c(NC(=O)c4ccc(O)c(CC=C(C)C)c4)c(=O)oc3c2C)OC1(C)C. The highest BCUT2D eigenvalue weighted by atomic mass is 16.7. The number of ether oxygens (including phenoxy) is 4. The highest BCUT2D eigenvalue weighted by Crippen LogP contribution is 2.38. The number of anilines is 1. The van der Waals surface area contributed by atoms with Gasteiger partial charge >= 0.3 is 11.7 Å². The van der Waals surface area contributed by atoms with Gasteiger partial charge < -0.3 is 49.7 Å². The number of phenols is 1. The van der Waals surface area contributed by atoms with Gasteiger partial charge in [-0.1, -0.05) is 11.6 Å². The van der Waals surface area contributed by atoms with Crippen molar-refractivity contribution in [2.24, 2.45) is 5.73 Å². The van der Waals surface area contributed by atoms with Crippen LogP contribution in [0.3, 0.4) is 0 Å². The molecule has 1 aliphatic heterocycles. The van der Waals surface area contributed by atoms with Crippen LogP contribution in [-0.2, 0) is 20.6 Å². The maximum atomic E-state index is 13.0. The molecule has 4 atom stereocenters. The zero-order valence-electron chi connectivity index (χ0n) is 25.2. The summed E-state index contributed by atoms with van der Waals surface area (Å²) in [6, 6.07) is 7.12. The number of nitrogens with two attached hydrogens (primary N) is 1. The molecule has 44 heavy (non-hydrogen) atoms. The molecule has 1 fully saturated rings. The van der Waals surface area contributed by atoms with Gasteiger partial charge in [-0.15, -0.1) is 0 Å². The third-order valence-corrected chi connectivity index (χ3v) is 7.33. The van der Waals surface area contributed by atoms with Gasteiger partial charge in [-0.05, 0) is 76.9 Å². The van der Waals surface area contributed by atoms with Crippen molar-refractivity contribution in [3.63, 3.8) is 0 Å². The van der Waals surface area contributed by atoms with Crippen LogP contribution in [0.25, 0.3) is 11.0 Å². The molecule has 3 aromatic rings. The summed E-state index contributed by atoms with van der Waals surface area (Å²) in [6.07, 6.45) is -3.81. The van der Waals surface area contributed by atoms with E-state index in [0.717, 1.165) is 5.57 Å². The maximum absolute atomic E-state index is 13.0. The number of rotatable bonds is 8. The number of carbonyl (C=O) groups is 2. The van der Waals surface area contributed by atoms with Crippen molar-refractivity contribution in [2.45, 2.75) is 71.2 Å². The van der Waals surface area contributed by atoms with Crippen molar-refractivity contribution >= 4 is 28.7 Å². The molecule has 1 saturated heterocycles. The summed E-state index contributed by atoms with van der Waals surface area (Å²) in [6.45, 7) is 8.69. The molecule has 0 bridgehead atoms. The number of phenolic OH excluding ortho intramolecular Hbond substituents is 1. The van der Waals surface area contributed by atoms with Gasteiger partial charge in [0.05, 0.1) is 11.0 Å². The molecule has 0 spiro atoms. The van der Waals surface area contributed by atoms with Crippen molar-refractivity contribution in [1.29, 1.82) is 0 Å². The molecular formula is C31H36N2O11. The molecule has 13 nitrogen and oxygen atoms in total. The summed E-state index contributed by atoms with van der Waals surface area (Å²) in [4.78, 5) is 37.5. The largest absolute Gasteiger partial charge is 0.508 e. The number of benzene rings is 2. The number of amides is 2. The third-order valence-electron chi connectivity index (χ3n) is 7.33. The van der Waals surface area contributed by atoms with Gasteiger partial charge in [0.2, 0.25) is 6.29 Å². The van der Waals surface area contributed by atoms with Gasteiger partial charge in [0.15, 0.2) is 23.6 Å². The van der Waals surface area contributed by atoms with Crippen molar-refractivity contribution < 1.29 is 48.3 Å². The average Bonchev–Trinajstić information content (AvgIpc) is 2.94. The van der Waals surface area contributed by atoms with Gasteiger partial charge in [0.1, 0.15) is 23.2 Å². The van der Waals surface area contributed by atoms with Gasteiger partial charge in [-0.25, -0.2) is 9.59 Å². The summed E-state index contributed by atoms with van der Waals surface area (Å²) in [7, 11) is 1.37. The van der Waals surface area contributed by atoms with Gasteiger partial charge in [-0.2, -0.15) is 0 Å². The lowest BCUT2D eigenvalue weighted by molar-refractivity contribution is -0.304. The smallest absolute Gasteiger partial charge is 0.404 e. The number of aromatic hydroxyl groups is 2. The lowest BCUT2D eigenvalue weighted by Gasteiger charge is -2.47. The third kappa shape index (κ3) is 6.49. The first kappa shape index (κ1) is 32.3. The van der Waals surface area contributed by atoms with E-state index in [1.807, 2.05) is 19.9 Å². The quantitative estimate of drug-likeness (QED) is 0.184. The standard InChI is InChI=1S/C31H36N2O11/c1-14(2)7-8-16-13-17(9-11-19(16)34)27(37)33-21-22(35)18-10-12-20(15(3)24(18)42-28(21)38)41-29-23(36)25(43-30(32)39)26(40-6)31(4,5)44-29/h7,9-13,23,25-26,29,34-36H,8H2,1-6H3,(H2,32,39)(H,33,37)/t23-,25+,26+,29+/m1/s1. The summed E-state index contributed by atoms with van der Waals surface area (Å²) >= 11 is 0. The zero-order chi connectivity index (χ0) is 32.5. The number of hydrogen-bond donors (Lipinski definition) is 5. The van der Waals surface area contributed by atoms with Crippen LogP contribution in [0, 0.1) is 6.92 Å². The van der Waals surface area contributed by atoms with E-state index in [-0.39, 0.29) is 33.6 Å². The Hall–Kier alpha value is -4.59. The van der Waals surface area contributed by atoms with E-state index < -0.39 is 59.3 Å². The van der Waals surface area contributed by atoms with Crippen LogP contribution in [0.4, 0.5) is 10.5 Å². The number of aryl methyl sites for hydroxylation is 1. The Morgan fingerprint density at radius 2 is 1.86 bits per heavy atom. The van der Waals surface area contributed by atoms with E-state index in [2.05, 4.69) is 5.32 Å². The summed E-state index contributed by atoms with van der Waals surface area (Å²) < 4.78 is 27.9. The summed E-state index contributed by atoms with van der Waals surface area (Å²) in [5, 5.41) is 34.6. The van der Waals surface area contributed by atoms with Crippen LogP contribution >= 0.6 is 0 Å². The lowest BCUT2D eigenvalue weighted by Crippen LogP contribution is -2.65. The predicted octanol–water partition coefficient (Wildman–Crippen LogP) is 3.63. The van der Waals surface area contributed by atoms with Crippen LogP contribution in [0.5, 0.6) is 17.2 Å². The van der Waals surface area contributed by atoms with Gasteiger partial charge in [-0.3, -0.25) is 4.79 Å². The Kier molecular flexibility index (Phi) is 9.23. The molecule has 0 aliphatic carbocycles. The van der Waals surface area contributed by atoms with Crippen LogP contribution < -0.4 is 21.4 Å². The minimum Gasteiger partial charge on any atom is -0.508 e. The molecule has 13 heteroatoms. The van der Waals surface area contributed by atoms with E-state index in [0.29, 0.717) is 12.0 Å². The number of hydrogen-bond acceptors (Lipinski definition) is 11. The summed E-state index contributed by atoms with van der Waals surface area (Å²) in [5.74, 6) is -1.09. The Morgan fingerprint density at radius 3 is 2.50 bits per heavy atom. The minimum atomic E-state index is -1.52. The van der Waals surface area contributed by atoms with Gasteiger partial charge in [0, 0.05) is 18.2 Å². The lowest BCUT2D eigenvalue weighted by atomic mass is 9.89. The monoisotopic (exact) mass is 612 g/mol. The minimum absolute atomic E-state index is 0.0183. The number of carbonyl (C=O) groups excluding carboxylic acids is 2. The first-order chi connectivity index (χ1) is 20.6. The average molecular weight is 613 g/mol. The Balaban J connectivity index is 1.63. The molecule has 0 unspecified atom stereocenters. The van der Waals surface area contributed by atoms with Gasteiger partial charge in [0.25, 0.3) is 5.91 Å². The van der Waals surface area contributed by atoms with Crippen molar-refractivity contribution in [2.75, 3.05) is 12.4 Å². The van der Waals surface area contributed by atoms with Crippen LogP contribution in [-0.4, -0.2) is 64.6 Å². The Bertz CT molecular complexity index is 1670. The fourth-order valence-electron chi connectivity index (χ4n) is 5.06. The molecule has 2 heterocycles. The topological polar surface area (TPSA) is 200 Å². The van der Waals surface area contributed by atoms with E-state index in [1.165, 1.54) is 37.4 Å². The molecule has 0 radical (unpaired) electrons. The number of aliphatic hydroxyl groups is 1. The van der Waals surface area contributed by atoms with Crippen molar-refractivity contribution in [1.82, 2.24) is 0 Å². The van der Waals surface area contributed by atoms with Crippen molar-refractivity contribution in [3.8, 4) is 17.2 Å². The van der Waals surface area contributed by atoms with E-state index >= 15 is 0 Å². The first-order valence-electron chi connectivity index (χ1n) is 13.7. The second kappa shape index (κ2) is 12.6. The molecule has 0 saturated carbocycles. The molecular weight excluding hydrogens is 576 g/mol. The fraction of sp³-hybridized carbons (Fsp3) is 0.387. The highest BCUT2D eigenvalue weighted by molar-refractivity contribution is 6.06. The number of methoxy groups -OCH3 is 1. The van der Waals surface area contributed by atoms with E-state index in [1.54, 1.807) is 20.8 Å². The molecule has 1 aromatic heterocycles. The molecule has 236 valence electrons. The van der Waals surface area contributed by atoms with Crippen LogP contribution in [0.15, 0.2) is 51.2 Å². The Labute approximate surface area is 252 Å². The molecule has 2 aromatic carbocycles. The molecule has 4 rings (SSSR count). The fourth-order valence-corrected chi connectivity index (χ4v) is 5.06. The highest BCUT2D eigenvalue weighted by Gasteiger charge is 2.53. The molecule has 2 amide bonds. The number of primary amides is 1. The number of fused-ring (bicyclic) bond motifs is 1. The van der Waals surface area contributed by atoms with E-state index in [4.69, 9.17) is 29.1 Å². The molecule has 6 N–H and O–H groups in total. The van der Waals surface area contributed by atoms with Crippen molar-refractivity contribution in [3.05, 3.63) is 69.1 Å². The second-order valence-corrected chi connectivity index (χ2v) is 11.2. The Morgan fingerprint density at radius 1 is 1.16 bits per heavy atom. The predicted molar refractivity (Wildman–Crippen MR) is 159 cm³/mol. The normalized spacial score (nSPS) is 21.0. The number of aliphatic hydroxyl groups excluding tert-OH is 1. The number of allylic oxidation sites excluding steroid dienone is 2. The number of nitrogens with one attached hydrogen (secondary N) is 1. The van der Waals surface area contributed by atoms with Crippen LogP contribution in [0.1, 0.15) is 49.2 Å². The van der Waals surface area contributed by atoms with E-state index in [9.17, 15) is 29.7 Å².